The van der Waals surface area contributed by atoms with Crippen LogP contribution in [0, 0.1) is 0 Å². The van der Waals surface area contributed by atoms with Crippen LogP contribution >= 0.6 is 23.2 Å². The number of hydrogen-bond acceptors (Lipinski definition) is 4. The van der Waals surface area contributed by atoms with Crippen molar-refractivity contribution in [1.82, 2.24) is 14.6 Å². The number of benzene rings is 2. The summed E-state index contributed by atoms with van der Waals surface area (Å²) in [6.07, 6.45) is 2.40. The van der Waals surface area contributed by atoms with Crippen LogP contribution in [0.15, 0.2) is 60.8 Å². The van der Waals surface area contributed by atoms with Gasteiger partial charge in [0.15, 0.2) is 5.65 Å². The first-order chi connectivity index (χ1) is 14.0. The number of carbonyl (C=O) groups excluding carboxylic acids is 1. The summed E-state index contributed by atoms with van der Waals surface area (Å²) in [6, 6.07) is 16.3. The number of amides is 1. The van der Waals surface area contributed by atoms with Gasteiger partial charge in [-0.2, -0.15) is 0 Å². The van der Waals surface area contributed by atoms with Gasteiger partial charge >= 0.3 is 0 Å². The van der Waals surface area contributed by atoms with E-state index in [1.54, 1.807) is 35.0 Å². The normalized spacial score (nSPS) is 11.0. The Labute approximate surface area is 176 Å². The van der Waals surface area contributed by atoms with Crippen molar-refractivity contribution >= 4 is 34.8 Å². The monoisotopic (exact) mass is 426 g/mol. The smallest absolute Gasteiger partial charge is 0.250 e. The summed E-state index contributed by atoms with van der Waals surface area (Å²) in [5, 5.41) is 5.50. The first-order valence-electron chi connectivity index (χ1n) is 8.83. The van der Waals surface area contributed by atoms with Gasteiger partial charge in [-0.05, 0) is 35.9 Å². The molecule has 0 radical (unpaired) electrons. The van der Waals surface area contributed by atoms with Crippen molar-refractivity contribution in [2.45, 2.75) is 6.42 Å². The van der Waals surface area contributed by atoms with Gasteiger partial charge in [-0.3, -0.25) is 4.79 Å². The lowest BCUT2D eigenvalue weighted by Gasteiger charge is -2.08. The number of rotatable bonds is 6. The number of hydrogen-bond donors (Lipinski definition) is 1. The summed E-state index contributed by atoms with van der Waals surface area (Å²) in [6.45, 7) is 0.460. The maximum atomic E-state index is 11.4. The molecular formula is C21H16Cl2N4O2. The van der Waals surface area contributed by atoms with Gasteiger partial charge < -0.3 is 10.5 Å². The van der Waals surface area contributed by atoms with E-state index in [1.165, 1.54) is 0 Å². The molecule has 0 saturated carbocycles. The molecule has 0 aliphatic carbocycles. The second-order valence-electron chi connectivity index (χ2n) is 6.37. The lowest BCUT2D eigenvalue weighted by molar-refractivity contribution is 0.100. The fraction of sp³-hybridized carbons (Fsp3) is 0.0952. The lowest BCUT2D eigenvalue weighted by atomic mass is 10.1. The molecule has 6 nitrogen and oxygen atoms in total. The molecule has 4 rings (SSSR count). The Morgan fingerprint density at radius 1 is 1.10 bits per heavy atom. The molecule has 0 aliphatic heterocycles. The highest BCUT2D eigenvalue weighted by molar-refractivity contribution is 6.34. The third-order valence-corrected chi connectivity index (χ3v) is 4.95. The lowest BCUT2D eigenvalue weighted by Crippen LogP contribution is -2.11. The summed E-state index contributed by atoms with van der Waals surface area (Å²) in [5.74, 6) is -0.105. The van der Waals surface area contributed by atoms with E-state index in [1.807, 2.05) is 30.3 Å². The van der Waals surface area contributed by atoms with Crippen LogP contribution in [0.1, 0.15) is 15.9 Å². The van der Waals surface area contributed by atoms with Gasteiger partial charge in [0.25, 0.3) is 0 Å². The van der Waals surface area contributed by atoms with Crippen molar-refractivity contribution in [3.05, 3.63) is 82.0 Å². The van der Waals surface area contributed by atoms with E-state index in [2.05, 4.69) is 10.1 Å². The van der Waals surface area contributed by atoms with E-state index in [9.17, 15) is 4.79 Å². The largest absolute Gasteiger partial charge is 0.476 e. The van der Waals surface area contributed by atoms with Crippen LogP contribution in [-0.4, -0.2) is 27.1 Å². The molecule has 0 atom stereocenters. The van der Waals surface area contributed by atoms with Crippen LogP contribution in [0.5, 0.6) is 5.88 Å². The van der Waals surface area contributed by atoms with E-state index >= 15 is 0 Å². The van der Waals surface area contributed by atoms with Crippen LogP contribution < -0.4 is 10.5 Å². The van der Waals surface area contributed by atoms with Gasteiger partial charge in [0.2, 0.25) is 11.8 Å². The Morgan fingerprint density at radius 3 is 2.72 bits per heavy atom. The topological polar surface area (TPSA) is 82.5 Å². The zero-order valence-corrected chi connectivity index (χ0v) is 16.7. The Bertz CT molecular complexity index is 1210. The summed E-state index contributed by atoms with van der Waals surface area (Å²) in [5.41, 5.74) is 8.81. The standard InChI is InChI=1S/C21H16Cl2N4O2/c22-15-3-1-2-13(10-15)8-9-29-20-7-6-19-25-12-18(27(19)26-20)14-4-5-16(21(24)28)17(23)11-14/h1-7,10-12H,8-9H2,(H2,24,28). The summed E-state index contributed by atoms with van der Waals surface area (Å²) in [7, 11) is 0. The predicted octanol–water partition coefficient (Wildman–Crippen LogP) is 4.42. The van der Waals surface area contributed by atoms with E-state index in [0.29, 0.717) is 29.6 Å². The molecule has 0 fully saturated rings. The maximum absolute atomic E-state index is 11.4. The zero-order valence-electron chi connectivity index (χ0n) is 15.2. The van der Waals surface area contributed by atoms with Gasteiger partial charge in [-0.15, -0.1) is 5.10 Å². The predicted molar refractivity (Wildman–Crippen MR) is 113 cm³/mol. The van der Waals surface area contributed by atoms with E-state index in [-0.39, 0.29) is 10.6 Å². The van der Waals surface area contributed by atoms with Gasteiger partial charge in [0.05, 0.1) is 29.1 Å². The fourth-order valence-electron chi connectivity index (χ4n) is 2.97. The van der Waals surface area contributed by atoms with Crippen molar-refractivity contribution in [3.8, 4) is 17.1 Å². The third kappa shape index (κ3) is 4.18. The number of ether oxygens (including phenoxy) is 1. The number of halogens is 2. The number of carbonyl (C=O) groups is 1. The van der Waals surface area contributed by atoms with Gasteiger partial charge in [-0.1, -0.05) is 41.4 Å². The summed E-state index contributed by atoms with van der Waals surface area (Å²) in [4.78, 5) is 15.7. The highest BCUT2D eigenvalue weighted by atomic mass is 35.5. The van der Waals surface area contributed by atoms with Crippen molar-refractivity contribution in [1.29, 1.82) is 0 Å². The molecule has 8 heteroatoms. The molecule has 2 aromatic carbocycles. The fourth-order valence-corrected chi connectivity index (χ4v) is 3.46. The van der Waals surface area contributed by atoms with Gasteiger partial charge in [-0.25, -0.2) is 9.50 Å². The van der Waals surface area contributed by atoms with Crippen molar-refractivity contribution in [3.63, 3.8) is 0 Å². The van der Waals surface area contributed by atoms with E-state index in [4.69, 9.17) is 33.7 Å². The second kappa shape index (κ2) is 8.11. The molecule has 146 valence electrons. The summed E-state index contributed by atoms with van der Waals surface area (Å²) < 4.78 is 7.47. The Morgan fingerprint density at radius 2 is 1.97 bits per heavy atom. The van der Waals surface area contributed by atoms with Crippen LogP contribution in [0.2, 0.25) is 10.0 Å². The average molecular weight is 427 g/mol. The quantitative estimate of drug-likeness (QED) is 0.494. The van der Waals surface area contributed by atoms with Crippen LogP contribution in [-0.2, 0) is 6.42 Å². The highest BCUT2D eigenvalue weighted by Crippen LogP contribution is 2.26. The van der Waals surface area contributed by atoms with E-state index in [0.717, 1.165) is 16.8 Å². The van der Waals surface area contributed by atoms with Crippen molar-refractivity contribution < 1.29 is 9.53 Å². The Kier molecular flexibility index (Phi) is 5.38. The molecule has 0 aliphatic rings. The Hall–Kier alpha value is -3.09. The zero-order chi connectivity index (χ0) is 20.4. The number of primary amides is 1. The number of fused-ring (bicyclic) bond motifs is 1. The second-order valence-corrected chi connectivity index (χ2v) is 7.22. The van der Waals surface area contributed by atoms with Gasteiger partial charge in [0, 0.05) is 23.1 Å². The molecule has 0 saturated heterocycles. The molecule has 4 aromatic rings. The molecule has 1 amide bonds. The third-order valence-electron chi connectivity index (χ3n) is 4.40. The van der Waals surface area contributed by atoms with E-state index < -0.39 is 5.91 Å². The number of aromatic nitrogens is 3. The van der Waals surface area contributed by atoms with Crippen LogP contribution in [0.4, 0.5) is 0 Å². The number of imidazole rings is 1. The first kappa shape index (κ1) is 19.2. The average Bonchev–Trinajstić information content (AvgIpc) is 3.11. The molecule has 2 heterocycles. The molecule has 29 heavy (non-hydrogen) atoms. The molecule has 2 N–H and O–H groups in total. The van der Waals surface area contributed by atoms with Crippen LogP contribution in [0.25, 0.3) is 16.9 Å². The number of nitrogens with zero attached hydrogens (tertiary/aromatic N) is 3. The number of nitrogens with two attached hydrogens (primary N) is 1. The molecule has 2 aromatic heterocycles. The Balaban J connectivity index is 1.56. The SMILES string of the molecule is NC(=O)c1ccc(-c2cnc3ccc(OCCc4cccc(Cl)c4)nn23)cc1Cl. The summed E-state index contributed by atoms with van der Waals surface area (Å²) >= 11 is 12.2. The molecular weight excluding hydrogens is 411 g/mol. The molecule has 0 spiro atoms. The minimum atomic E-state index is -0.576. The first-order valence-corrected chi connectivity index (χ1v) is 9.58. The van der Waals surface area contributed by atoms with Crippen molar-refractivity contribution in [2.24, 2.45) is 5.73 Å². The minimum absolute atomic E-state index is 0.266. The van der Waals surface area contributed by atoms with Crippen LogP contribution in [0.3, 0.4) is 0 Å². The van der Waals surface area contributed by atoms with Gasteiger partial charge in [0.1, 0.15) is 0 Å². The van der Waals surface area contributed by atoms with Crippen molar-refractivity contribution in [2.75, 3.05) is 6.61 Å². The highest BCUT2D eigenvalue weighted by Gasteiger charge is 2.12. The maximum Gasteiger partial charge on any atom is 0.250 e. The minimum Gasteiger partial charge on any atom is -0.476 e. The molecule has 0 bridgehead atoms. The molecule has 0 unspecified atom stereocenters.